The molecule has 2 aliphatic heterocycles. The summed E-state index contributed by atoms with van der Waals surface area (Å²) in [7, 11) is 0. The van der Waals surface area contributed by atoms with Gasteiger partial charge in [0, 0.05) is 13.0 Å². The number of carbonyl (C=O) groups excluding carboxylic acids is 1. The summed E-state index contributed by atoms with van der Waals surface area (Å²) < 4.78 is 34.5. The van der Waals surface area contributed by atoms with Crippen molar-refractivity contribution in [3.05, 3.63) is 85.1 Å². The number of aliphatic hydroxyl groups is 7. The highest BCUT2D eigenvalue weighted by Crippen LogP contribution is 2.27. The number of allylic oxidation sites excluding steroid dienone is 14. The number of ether oxygens (including phenoxy) is 6. The van der Waals surface area contributed by atoms with Crippen molar-refractivity contribution in [3.63, 3.8) is 0 Å². The number of aliphatic hydroxyl groups excluding tert-OH is 7. The summed E-state index contributed by atoms with van der Waals surface area (Å²) in [6, 6.07) is 0. The number of hydrogen-bond acceptors (Lipinski definition) is 14. The lowest BCUT2D eigenvalue weighted by molar-refractivity contribution is -0.332. The first-order chi connectivity index (χ1) is 38.6. The average molecular weight is 1120 g/mol. The molecule has 0 amide bonds. The lowest BCUT2D eigenvalue weighted by Crippen LogP contribution is -2.61. The number of esters is 1. The Morgan fingerprint density at radius 2 is 0.823 bits per heavy atom. The fourth-order valence-corrected chi connectivity index (χ4v) is 9.40. The Morgan fingerprint density at radius 1 is 0.430 bits per heavy atom. The molecule has 14 heteroatoms. The first-order valence-corrected chi connectivity index (χ1v) is 31.2. The molecule has 79 heavy (non-hydrogen) atoms. The zero-order valence-electron chi connectivity index (χ0n) is 49.1. The molecule has 11 unspecified atom stereocenters. The predicted octanol–water partition coefficient (Wildman–Crippen LogP) is 12.0. The van der Waals surface area contributed by atoms with Gasteiger partial charge >= 0.3 is 5.97 Å². The summed E-state index contributed by atoms with van der Waals surface area (Å²) in [5.74, 6) is -0.388. The summed E-state index contributed by atoms with van der Waals surface area (Å²) >= 11 is 0. The van der Waals surface area contributed by atoms with Crippen molar-refractivity contribution < 1.29 is 69.0 Å². The van der Waals surface area contributed by atoms with Crippen LogP contribution in [0.15, 0.2) is 85.1 Å². The van der Waals surface area contributed by atoms with E-state index in [1.165, 1.54) is 103 Å². The van der Waals surface area contributed by atoms with E-state index in [9.17, 15) is 40.5 Å². The molecule has 2 saturated heterocycles. The van der Waals surface area contributed by atoms with Crippen LogP contribution in [0.3, 0.4) is 0 Å². The van der Waals surface area contributed by atoms with Gasteiger partial charge in [0.15, 0.2) is 12.6 Å². The normalized spacial score (nSPS) is 24.6. The summed E-state index contributed by atoms with van der Waals surface area (Å²) in [5, 5.41) is 72.5. The Labute approximate surface area is 478 Å². The molecule has 0 aromatic rings. The quantitative estimate of drug-likeness (QED) is 0.0172. The molecule has 7 N–H and O–H groups in total. The van der Waals surface area contributed by atoms with Gasteiger partial charge in [0.2, 0.25) is 0 Å². The van der Waals surface area contributed by atoms with Crippen molar-refractivity contribution >= 4 is 5.97 Å². The van der Waals surface area contributed by atoms with Crippen LogP contribution in [0.25, 0.3) is 0 Å². The largest absolute Gasteiger partial charge is 0.457 e. The van der Waals surface area contributed by atoms with Crippen molar-refractivity contribution in [1.29, 1.82) is 0 Å². The van der Waals surface area contributed by atoms with E-state index >= 15 is 0 Å². The Morgan fingerprint density at radius 3 is 1.29 bits per heavy atom. The van der Waals surface area contributed by atoms with E-state index in [0.29, 0.717) is 13.0 Å². The van der Waals surface area contributed by atoms with Crippen molar-refractivity contribution in [2.75, 3.05) is 33.0 Å². The molecular formula is C65H112O14. The molecule has 0 aromatic carbocycles. The Balaban J connectivity index is 1.70. The van der Waals surface area contributed by atoms with Gasteiger partial charge in [-0.3, -0.25) is 4.79 Å². The second-order valence-corrected chi connectivity index (χ2v) is 21.5. The number of carbonyl (C=O) groups is 1. The van der Waals surface area contributed by atoms with Gasteiger partial charge in [-0.05, 0) is 89.9 Å². The lowest BCUT2D eigenvalue weighted by atomic mass is 9.98. The minimum atomic E-state index is -1.71. The molecule has 0 radical (unpaired) electrons. The van der Waals surface area contributed by atoms with Crippen molar-refractivity contribution in [3.8, 4) is 0 Å². The Kier molecular flexibility index (Phi) is 46.5. The molecule has 11 atom stereocenters. The van der Waals surface area contributed by atoms with Gasteiger partial charge in [-0.1, -0.05) is 208 Å². The smallest absolute Gasteiger partial charge is 0.306 e. The average Bonchev–Trinajstić information content (AvgIpc) is 3.45. The third kappa shape index (κ3) is 37.1. The van der Waals surface area contributed by atoms with Crippen LogP contribution in [0.4, 0.5) is 0 Å². The van der Waals surface area contributed by atoms with Gasteiger partial charge in [0.1, 0.15) is 54.9 Å². The molecule has 2 rings (SSSR count). The zero-order chi connectivity index (χ0) is 57.2. The molecular weight excluding hydrogens is 1000 g/mol. The highest BCUT2D eigenvalue weighted by Gasteiger charge is 2.47. The topological polar surface area (TPSA) is 214 Å². The number of rotatable bonds is 50. The van der Waals surface area contributed by atoms with Crippen LogP contribution in [0.1, 0.15) is 219 Å². The highest BCUT2D eigenvalue weighted by atomic mass is 16.7. The second-order valence-electron chi connectivity index (χ2n) is 21.5. The highest BCUT2D eigenvalue weighted by molar-refractivity contribution is 5.69. The third-order valence-electron chi connectivity index (χ3n) is 14.4. The Hall–Kier alpha value is -2.83. The van der Waals surface area contributed by atoms with E-state index in [1.54, 1.807) is 0 Å². The van der Waals surface area contributed by atoms with Crippen LogP contribution in [0, 0.1) is 0 Å². The van der Waals surface area contributed by atoms with Crippen molar-refractivity contribution in [2.24, 2.45) is 0 Å². The SMILES string of the molecule is CC/C=C\C/C=C\C/C=C\C/C=C\CCCCCCCCCCC(=O)OC(COCCCCCCCCCCC/C=C\C/C=C\C/C=C\CCCCCCC)COC1OC(COC2OC(CO)C(O)C(O)C2O)C(O)C(O)C1O. The second kappa shape index (κ2) is 50.9. The minimum Gasteiger partial charge on any atom is -0.457 e. The van der Waals surface area contributed by atoms with Crippen LogP contribution in [-0.4, -0.2) is 142 Å². The van der Waals surface area contributed by atoms with Crippen molar-refractivity contribution in [1.82, 2.24) is 0 Å². The summed E-state index contributed by atoms with van der Waals surface area (Å²) in [6.07, 6.45) is 50.6. The maximum atomic E-state index is 13.1. The molecule has 2 aliphatic rings. The van der Waals surface area contributed by atoms with E-state index in [0.717, 1.165) is 89.9 Å². The van der Waals surface area contributed by atoms with Gasteiger partial charge in [-0.25, -0.2) is 0 Å². The molecule has 0 bridgehead atoms. The van der Waals surface area contributed by atoms with E-state index in [4.69, 9.17) is 28.4 Å². The molecule has 14 nitrogen and oxygen atoms in total. The van der Waals surface area contributed by atoms with E-state index < -0.39 is 80.7 Å². The monoisotopic (exact) mass is 1120 g/mol. The van der Waals surface area contributed by atoms with Crippen LogP contribution >= 0.6 is 0 Å². The van der Waals surface area contributed by atoms with Gasteiger partial charge in [0.25, 0.3) is 0 Å². The molecule has 2 heterocycles. The lowest BCUT2D eigenvalue weighted by Gasteiger charge is -2.42. The molecule has 456 valence electrons. The van der Waals surface area contributed by atoms with Gasteiger partial charge < -0.3 is 64.2 Å². The fraction of sp³-hybridized carbons (Fsp3) is 0.769. The number of unbranched alkanes of at least 4 members (excludes halogenated alkanes) is 22. The fourth-order valence-electron chi connectivity index (χ4n) is 9.40. The maximum Gasteiger partial charge on any atom is 0.306 e. The summed E-state index contributed by atoms with van der Waals surface area (Å²) in [4.78, 5) is 13.1. The number of hydrogen-bond donors (Lipinski definition) is 7. The van der Waals surface area contributed by atoms with Gasteiger partial charge in [0.05, 0.1) is 26.4 Å². The first kappa shape index (κ1) is 72.3. The molecule has 0 saturated carbocycles. The minimum absolute atomic E-state index is 0.0501. The first-order valence-electron chi connectivity index (χ1n) is 31.2. The zero-order valence-corrected chi connectivity index (χ0v) is 49.1. The van der Waals surface area contributed by atoms with Crippen LogP contribution in [0.2, 0.25) is 0 Å². The predicted molar refractivity (Wildman–Crippen MR) is 316 cm³/mol. The van der Waals surface area contributed by atoms with Gasteiger partial charge in [-0.15, -0.1) is 0 Å². The molecule has 0 aliphatic carbocycles. The van der Waals surface area contributed by atoms with Crippen molar-refractivity contribution in [2.45, 2.75) is 287 Å². The maximum absolute atomic E-state index is 13.1. The molecule has 0 spiro atoms. The van der Waals surface area contributed by atoms with Crippen LogP contribution in [-0.2, 0) is 33.2 Å². The standard InChI is InChI=1S/C65H112O14/c1-3-5-7-9-11-13-15-17-19-21-23-25-26-27-29-31-33-35-37-39-41-43-45-47-49-74-51-54(52-75-64-63(73)61(71)59(69)56(79-64)53-76-65-62(72)60(70)58(68)55(50-66)78-65)77-57(67)48-46-44-42-40-38-36-34-32-30-28-24-22-20-18-16-14-12-10-8-6-4-2/h6,8,12,14-15,17-18,20-21,23-24,26-28,54-56,58-66,68-73H,3-5,7,9-11,13,16,19,22,25,29-53H2,1-2H3/b8-6-,14-12-,17-15-,20-18-,23-21-,27-26-,28-24-. The van der Waals surface area contributed by atoms with Crippen LogP contribution < -0.4 is 0 Å². The molecule has 2 fully saturated rings. The molecule has 0 aromatic heterocycles. The van der Waals surface area contributed by atoms with Gasteiger partial charge in [-0.2, -0.15) is 0 Å². The van der Waals surface area contributed by atoms with Crippen LogP contribution in [0.5, 0.6) is 0 Å². The Bertz CT molecular complexity index is 1630. The summed E-state index contributed by atoms with van der Waals surface area (Å²) in [6.45, 7) is 3.55. The van der Waals surface area contributed by atoms with E-state index in [2.05, 4.69) is 98.9 Å². The van der Waals surface area contributed by atoms with E-state index in [1.807, 2.05) is 0 Å². The van der Waals surface area contributed by atoms with E-state index in [-0.39, 0.29) is 25.6 Å². The summed E-state index contributed by atoms with van der Waals surface area (Å²) in [5.41, 5.74) is 0. The third-order valence-corrected chi connectivity index (χ3v) is 14.4.